The average Bonchev–Trinajstić information content (AvgIpc) is 3.08. The number of aromatic nitrogens is 2. The molecule has 10 nitrogen and oxygen atoms in total. The average molecular weight is 389 g/mol. The van der Waals surface area contributed by atoms with E-state index in [0.29, 0.717) is 0 Å². The van der Waals surface area contributed by atoms with Gasteiger partial charge in [0.2, 0.25) is 0 Å². The van der Waals surface area contributed by atoms with Gasteiger partial charge in [-0.05, 0) is 25.1 Å². The van der Waals surface area contributed by atoms with Crippen LogP contribution >= 0.6 is 0 Å². The molecule has 0 atom stereocenters. The van der Waals surface area contributed by atoms with Crippen molar-refractivity contribution in [2.45, 2.75) is 6.92 Å². The van der Waals surface area contributed by atoms with Crippen LogP contribution in [0.25, 0.3) is 0 Å². The first-order chi connectivity index (χ1) is 13.3. The number of nitrogens with zero attached hydrogens (tertiary/aromatic N) is 2. The van der Waals surface area contributed by atoms with Crippen LogP contribution in [0.5, 0.6) is 0 Å². The molecular weight excluding hydrogens is 370 g/mol. The Morgan fingerprint density at radius 2 is 1.54 bits per heavy atom. The van der Waals surface area contributed by atoms with Crippen LogP contribution < -0.4 is 5.32 Å². The highest BCUT2D eigenvalue weighted by atomic mass is 16.5. The van der Waals surface area contributed by atoms with E-state index in [-0.39, 0.29) is 34.8 Å². The molecule has 0 spiro atoms. The molecule has 0 saturated carbocycles. The molecule has 1 aromatic carbocycles. The van der Waals surface area contributed by atoms with E-state index in [1.165, 1.54) is 50.2 Å². The molecular formula is C18H19N3O7. The number of amides is 1. The van der Waals surface area contributed by atoms with Gasteiger partial charge in [-0.2, -0.15) is 5.10 Å². The highest BCUT2D eigenvalue weighted by Gasteiger charge is 2.20. The Hall–Kier alpha value is -3.69. The fourth-order valence-electron chi connectivity index (χ4n) is 2.34. The lowest BCUT2D eigenvalue weighted by molar-refractivity contribution is 0.0511. The minimum Gasteiger partial charge on any atom is -0.465 e. The van der Waals surface area contributed by atoms with E-state index < -0.39 is 23.8 Å². The molecule has 0 bridgehead atoms. The van der Waals surface area contributed by atoms with Crippen molar-refractivity contribution in [2.24, 2.45) is 7.05 Å². The normalized spacial score (nSPS) is 10.1. The number of ether oxygens (including phenoxy) is 3. The standard InChI is InChI=1S/C18H19N3O7/c1-5-28-18(25)14-9-13(20-21(14)2)15(22)19-12-7-10(16(23)26-3)6-11(8-12)17(24)27-4/h6-9H,5H2,1-4H3,(H,19,22). The Labute approximate surface area is 160 Å². The first-order valence-electron chi connectivity index (χ1n) is 8.14. The van der Waals surface area contributed by atoms with E-state index in [0.717, 1.165) is 0 Å². The second-order valence-corrected chi connectivity index (χ2v) is 5.50. The van der Waals surface area contributed by atoms with E-state index in [1.54, 1.807) is 6.92 Å². The number of aryl methyl sites for hydroxylation is 1. The van der Waals surface area contributed by atoms with Crippen LogP contribution in [0.1, 0.15) is 48.6 Å². The molecule has 0 aliphatic rings. The van der Waals surface area contributed by atoms with Crippen molar-refractivity contribution in [1.82, 2.24) is 9.78 Å². The van der Waals surface area contributed by atoms with Gasteiger partial charge in [-0.3, -0.25) is 9.48 Å². The number of methoxy groups -OCH3 is 2. The summed E-state index contributed by atoms with van der Waals surface area (Å²) in [7, 11) is 3.88. The topological polar surface area (TPSA) is 126 Å². The van der Waals surface area contributed by atoms with Gasteiger partial charge in [-0.25, -0.2) is 14.4 Å². The number of nitrogens with one attached hydrogen (secondary N) is 1. The fourth-order valence-corrected chi connectivity index (χ4v) is 2.34. The van der Waals surface area contributed by atoms with Gasteiger partial charge in [0.05, 0.1) is 32.0 Å². The van der Waals surface area contributed by atoms with Gasteiger partial charge in [0, 0.05) is 18.8 Å². The van der Waals surface area contributed by atoms with Crippen molar-refractivity contribution in [1.29, 1.82) is 0 Å². The third kappa shape index (κ3) is 4.53. The molecule has 0 fully saturated rings. The fraction of sp³-hybridized carbons (Fsp3) is 0.278. The number of carbonyl (C=O) groups is 4. The van der Waals surface area contributed by atoms with Crippen LogP contribution in [-0.2, 0) is 21.3 Å². The highest BCUT2D eigenvalue weighted by Crippen LogP contribution is 2.18. The Morgan fingerprint density at radius 3 is 2.04 bits per heavy atom. The zero-order valence-corrected chi connectivity index (χ0v) is 15.8. The molecule has 0 saturated heterocycles. The van der Waals surface area contributed by atoms with E-state index >= 15 is 0 Å². The first kappa shape index (κ1) is 20.6. The molecule has 0 unspecified atom stereocenters. The van der Waals surface area contributed by atoms with Crippen LogP contribution in [0.4, 0.5) is 5.69 Å². The molecule has 1 N–H and O–H groups in total. The lowest BCUT2D eigenvalue weighted by Crippen LogP contribution is -2.15. The minimum atomic E-state index is -0.691. The second kappa shape index (κ2) is 8.80. The maximum Gasteiger partial charge on any atom is 0.356 e. The van der Waals surface area contributed by atoms with Crippen molar-refractivity contribution in [2.75, 3.05) is 26.1 Å². The van der Waals surface area contributed by atoms with Gasteiger partial charge in [-0.15, -0.1) is 0 Å². The number of anilines is 1. The van der Waals surface area contributed by atoms with Crippen LogP contribution in [0.15, 0.2) is 24.3 Å². The molecule has 1 heterocycles. The van der Waals surface area contributed by atoms with E-state index in [9.17, 15) is 19.2 Å². The Bertz CT molecular complexity index is 899. The predicted molar refractivity (Wildman–Crippen MR) is 96.2 cm³/mol. The first-order valence-corrected chi connectivity index (χ1v) is 8.14. The molecule has 10 heteroatoms. The largest absolute Gasteiger partial charge is 0.465 e. The molecule has 0 radical (unpaired) electrons. The quantitative estimate of drug-likeness (QED) is 0.581. The van der Waals surface area contributed by atoms with Crippen molar-refractivity contribution in [3.63, 3.8) is 0 Å². The van der Waals surface area contributed by atoms with Gasteiger partial charge in [0.25, 0.3) is 5.91 Å². The van der Waals surface area contributed by atoms with E-state index in [2.05, 4.69) is 19.9 Å². The van der Waals surface area contributed by atoms with Gasteiger partial charge in [0.15, 0.2) is 5.69 Å². The van der Waals surface area contributed by atoms with Crippen molar-refractivity contribution in [3.05, 3.63) is 46.8 Å². The lowest BCUT2D eigenvalue weighted by atomic mass is 10.1. The third-order valence-electron chi connectivity index (χ3n) is 3.63. The van der Waals surface area contributed by atoms with Gasteiger partial charge in [0.1, 0.15) is 5.69 Å². The third-order valence-corrected chi connectivity index (χ3v) is 3.63. The Morgan fingerprint density at radius 1 is 0.964 bits per heavy atom. The zero-order valence-electron chi connectivity index (χ0n) is 15.8. The second-order valence-electron chi connectivity index (χ2n) is 5.50. The summed E-state index contributed by atoms with van der Waals surface area (Å²) in [6.45, 7) is 1.84. The summed E-state index contributed by atoms with van der Waals surface area (Å²) in [6, 6.07) is 5.24. The number of carbonyl (C=O) groups excluding carboxylic acids is 4. The van der Waals surface area contributed by atoms with Gasteiger partial charge in [-0.1, -0.05) is 0 Å². The highest BCUT2D eigenvalue weighted by molar-refractivity contribution is 6.06. The van der Waals surface area contributed by atoms with Gasteiger partial charge < -0.3 is 19.5 Å². The van der Waals surface area contributed by atoms with Crippen LogP contribution in [0, 0.1) is 0 Å². The SMILES string of the molecule is CCOC(=O)c1cc(C(=O)Nc2cc(C(=O)OC)cc(C(=O)OC)c2)nn1C. The number of benzene rings is 1. The van der Waals surface area contributed by atoms with Crippen LogP contribution in [-0.4, -0.2) is 54.4 Å². The number of rotatable bonds is 6. The zero-order chi connectivity index (χ0) is 20.8. The predicted octanol–water partition coefficient (Wildman–Crippen LogP) is 1.42. The summed E-state index contributed by atoms with van der Waals surface area (Å²) in [6.07, 6.45) is 0. The van der Waals surface area contributed by atoms with Crippen molar-refractivity contribution in [3.8, 4) is 0 Å². The van der Waals surface area contributed by atoms with E-state index in [4.69, 9.17) is 4.74 Å². The number of hydrogen-bond acceptors (Lipinski definition) is 8. The van der Waals surface area contributed by atoms with Crippen molar-refractivity contribution >= 4 is 29.5 Å². The van der Waals surface area contributed by atoms with Crippen molar-refractivity contribution < 1.29 is 33.4 Å². The van der Waals surface area contributed by atoms with Crippen LogP contribution in [0.2, 0.25) is 0 Å². The summed E-state index contributed by atoms with van der Waals surface area (Å²) in [5, 5.41) is 6.50. The molecule has 1 aromatic heterocycles. The molecule has 28 heavy (non-hydrogen) atoms. The summed E-state index contributed by atoms with van der Waals surface area (Å²) in [5.41, 5.74) is 0.304. The molecule has 2 aromatic rings. The summed E-state index contributed by atoms with van der Waals surface area (Å²) >= 11 is 0. The molecule has 148 valence electrons. The summed E-state index contributed by atoms with van der Waals surface area (Å²) in [5.74, 6) is -2.64. The monoisotopic (exact) mass is 389 g/mol. The minimum absolute atomic E-state index is 0.0476. The number of hydrogen-bond donors (Lipinski definition) is 1. The summed E-state index contributed by atoms with van der Waals surface area (Å²) in [4.78, 5) is 48.0. The van der Waals surface area contributed by atoms with Crippen LogP contribution in [0.3, 0.4) is 0 Å². The number of esters is 3. The Balaban J connectivity index is 2.33. The molecule has 0 aliphatic carbocycles. The molecule has 2 rings (SSSR count). The molecule has 0 aliphatic heterocycles. The smallest absolute Gasteiger partial charge is 0.356 e. The maximum absolute atomic E-state index is 12.5. The Kier molecular flexibility index (Phi) is 6.48. The lowest BCUT2D eigenvalue weighted by Gasteiger charge is -2.08. The van der Waals surface area contributed by atoms with Gasteiger partial charge >= 0.3 is 17.9 Å². The maximum atomic E-state index is 12.5. The van der Waals surface area contributed by atoms with E-state index in [1.807, 2.05) is 0 Å². The molecule has 1 amide bonds. The summed E-state index contributed by atoms with van der Waals surface area (Å²) < 4.78 is 15.4.